The molecule has 0 bridgehead atoms. The summed E-state index contributed by atoms with van der Waals surface area (Å²) in [4.78, 5) is 27.2. The van der Waals surface area contributed by atoms with Crippen molar-refractivity contribution in [1.82, 2.24) is 9.80 Å². The van der Waals surface area contributed by atoms with Crippen molar-refractivity contribution >= 4 is 12.0 Å². The maximum Gasteiger partial charge on any atom is 0.322 e. The van der Waals surface area contributed by atoms with Gasteiger partial charge < -0.3 is 9.64 Å². The number of hydrogen-bond donors (Lipinski definition) is 0. The van der Waals surface area contributed by atoms with Gasteiger partial charge in [-0.25, -0.2) is 4.79 Å². The van der Waals surface area contributed by atoms with E-state index in [-0.39, 0.29) is 29.6 Å². The first-order valence-corrected chi connectivity index (χ1v) is 6.72. The van der Waals surface area contributed by atoms with Crippen LogP contribution in [0.15, 0.2) is 0 Å². The fourth-order valence-corrected chi connectivity index (χ4v) is 3.16. The van der Waals surface area contributed by atoms with Gasteiger partial charge in [-0.1, -0.05) is 6.42 Å². The largest absolute Gasteiger partial charge is 0.441 e. The minimum absolute atomic E-state index is 0.0258. The maximum atomic E-state index is 12.0. The van der Waals surface area contributed by atoms with Gasteiger partial charge in [-0.15, -0.1) is 0 Å². The van der Waals surface area contributed by atoms with Crippen LogP contribution >= 0.6 is 0 Å². The maximum absolute atomic E-state index is 12.0. The highest BCUT2D eigenvalue weighted by Crippen LogP contribution is 2.49. The lowest BCUT2D eigenvalue weighted by Gasteiger charge is -2.55. The Labute approximate surface area is 107 Å². The number of ether oxygens (including phenoxy) is 1. The van der Waals surface area contributed by atoms with Crippen LogP contribution in [0.4, 0.5) is 4.79 Å². The van der Waals surface area contributed by atoms with Gasteiger partial charge in [0.25, 0.3) is 0 Å². The molecule has 3 rings (SSSR count). The Morgan fingerprint density at radius 1 is 1.33 bits per heavy atom. The van der Waals surface area contributed by atoms with Crippen LogP contribution in [0.2, 0.25) is 0 Å². The van der Waals surface area contributed by atoms with Gasteiger partial charge in [0, 0.05) is 26.1 Å². The quantitative estimate of drug-likeness (QED) is 0.699. The lowest BCUT2D eigenvalue weighted by molar-refractivity contribution is -0.189. The standard InChI is InChI=1S/C13H20N2O3/c1-14-8-13(6-3-7-13)11(15(2)12(14)17)18-10(16)9-4-5-9/h9,11H,3-8H2,1-2H3. The molecular formula is C13H20N2O3. The molecule has 0 N–H and O–H groups in total. The summed E-state index contributed by atoms with van der Waals surface area (Å²) >= 11 is 0. The molecule has 5 nitrogen and oxygen atoms in total. The van der Waals surface area contributed by atoms with Crippen molar-refractivity contribution < 1.29 is 14.3 Å². The molecule has 0 aromatic rings. The number of esters is 1. The van der Waals surface area contributed by atoms with Crippen molar-refractivity contribution in [3.8, 4) is 0 Å². The van der Waals surface area contributed by atoms with Crippen LogP contribution in [-0.4, -0.2) is 48.7 Å². The molecule has 3 aliphatic rings. The summed E-state index contributed by atoms with van der Waals surface area (Å²) < 4.78 is 5.64. The third-order valence-corrected chi connectivity index (χ3v) is 4.54. The molecule has 2 aliphatic carbocycles. The molecule has 2 amide bonds. The molecule has 18 heavy (non-hydrogen) atoms. The van der Waals surface area contributed by atoms with Crippen molar-refractivity contribution in [1.29, 1.82) is 0 Å². The second kappa shape index (κ2) is 3.87. The highest BCUT2D eigenvalue weighted by molar-refractivity contribution is 5.78. The van der Waals surface area contributed by atoms with Crippen molar-refractivity contribution in [2.75, 3.05) is 20.6 Å². The normalized spacial score (nSPS) is 30.3. The SMILES string of the molecule is CN1CC2(CCC2)C(OC(=O)C2CC2)N(C)C1=O. The smallest absolute Gasteiger partial charge is 0.322 e. The molecule has 1 atom stereocenters. The van der Waals surface area contributed by atoms with E-state index in [1.807, 2.05) is 7.05 Å². The number of amides is 2. The van der Waals surface area contributed by atoms with Crippen LogP contribution < -0.4 is 0 Å². The number of carbonyl (C=O) groups is 2. The molecular weight excluding hydrogens is 232 g/mol. The van der Waals surface area contributed by atoms with E-state index in [9.17, 15) is 9.59 Å². The van der Waals surface area contributed by atoms with Crippen LogP contribution in [0.25, 0.3) is 0 Å². The first kappa shape index (κ1) is 11.8. The minimum Gasteiger partial charge on any atom is -0.441 e. The number of rotatable bonds is 2. The molecule has 100 valence electrons. The second-order valence-electron chi connectivity index (χ2n) is 6.03. The summed E-state index contributed by atoms with van der Waals surface area (Å²) in [6.07, 6.45) is 4.76. The van der Waals surface area contributed by atoms with Crippen molar-refractivity contribution in [2.24, 2.45) is 11.3 Å². The van der Waals surface area contributed by atoms with Crippen LogP contribution in [-0.2, 0) is 9.53 Å². The number of carbonyl (C=O) groups excluding carboxylic acids is 2. The zero-order valence-corrected chi connectivity index (χ0v) is 11.0. The van der Waals surface area contributed by atoms with E-state index in [1.165, 1.54) is 0 Å². The van der Waals surface area contributed by atoms with Gasteiger partial charge in [-0.3, -0.25) is 9.69 Å². The van der Waals surface area contributed by atoms with Crippen LogP contribution in [0, 0.1) is 11.3 Å². The summed E-state index contributed by atoms with van der Waals surface area (Å²) in [7, 11) is 3.56. The Bertz CT molecular complexity index is 388. The highest BCUT2D eigenvalue weighted by Gasteiger charge is 2.54. The Balaban J connectivity index is 1.78. The average molecular weight is 252 g/mol. The number of hydrogen-bond acceptors (Lipinski definition) is 3. The Kier molecular flexibility index (Phi) is 2.54. The molecule has 1 spiro atoms. The van der Waals surface area contributed by atoms with E-state index in [2.05, 4.69) is 0 Å². The van der Waals surface area contributed by atoms with Gasteiger partial charge in [-0.2, -0.15) is 0 Å². The lowest BCUT2D eigenvalue weighted by atomic mass is 9.66. The third-order valence-electron chi connectivity index (χ3n) is 4.54. The summed E-state index contributed by atoms with van der Waals surface area (Å²) in [6.45, 7) is 0.707. The van der Waals surface area contributed by atoms with Crippen molar-refractivity contribution in [3.63, 3.8) is 0 Å². The molecule has 1 heterocycles. The van der Waals surface area contributed by atoms with E-state index >= 15 is 0 Å². The van der Waals surface area contributed by atoms with Gasteiger partial charge in [0.2, 0.25) is 0 Å². The van der Waals surface area contributed by atoms with Gasteiger partial charge in [0.15, 0.2) is 6.23 Å². The molecule has 1 aliphatic heterocycles. The molecule has 1 saturated heterocycles. The third kappa shape index (κ3) is 1.68. The molecule has 3 fully saturated rings. The van der Waals surface area contributed by atoms with Crippen molar-refractivity contribution in [3.05, 3.63) is 0 Å². The topological polar surface area (TPSA) is 49.9 Å². The molecule has 5 heteroatoms. The van der Waals surface area contributed by atoms with Crippen LogP contribution in [0.5, 0.6) is 0 Å². The Hall–Kier alpha value is -1.26. The van der Waals surface area contributed by atoms with E-state index in [1.54, 1.807) is 16.8 Å². The fraction of sp³-hybridized carbons (Fsp3) is 0.846. The van der Waals surface area contributed by atoms with E-state index in [0.29, 0.717) is 6.54 Å². The zero-order chi connectivity index (χ0) is 12.9. The Morgan fingerprint density at radius 2 is 2.00 bits per heavy atom. The second-order valence-corrected chi connectivity index (χ2v) is 6.03. The van der Waals surface area contributed by atoms with Gasteiger partial charge in [0.05, 0.1) is 5.92 Å². The van der Waals surface area contributed by atoms with Gasteiger partial charge in [0.1, 0.15) is 0 Å². The van der Waals surface area contributed by atoms with E-state index < -0.39 is 0 Å². The minimum atomic E-state index is -0.358. The molecule has 0 radical (unpaired) electrons. The molecule has 2 saturated carbocycles. The average Bonchev–Trinajstić information content (AvgIpc) is 3.11. The van der Waals surface area contributed by atoms with E-state index in [4.69, 9.17) is 4.74 Å². The number of urea groups is 1. The molecule has 0 aromatic heterocycles. The molecule has 1 unspecified atom stereocenters. The first-order chi connectivity index (χ1) is 8.53. The zero-order valence-electron chi connectivity index (χ0n) is 11.0. The predicted molar refractivity (Wildman–Crippen MR) is 64.7 cm³/mol. The monoisotopic (exact) mass is 252 g/mol. The van der Waals surface area contributed by atoms with Crippen molar-refractivity contribution in [2.45, 2.75) is 38.3 Å². The van der Waals surface area contributed by atoms with Gasteiger partial charge >= 0.3 is 12.0 Å². The fourth-order valence-electron chi connectivity index (χ4n) is 3.16. The van der Waals surface area contributed by atoms with Crippen LogP contribution in [0.1, 0.15) is 32.1 Å². The first-order valence-electron chi connectivity index (χ1n) is 6.72. The lowest BCUT2D eigenvalue weighted by Crippen LogP contribution is -2.65. The van der Waals surface area contributed by atoms with Gasteiger partial charge in [-0.05, 0) is 25.7 Å². The number of nitrogens with zero attached hydrogens (tertiary/aromatic N) is 2. The summed E-state index contributed by atoms with van der Waals surface area (Å²) in [5, 5.41) is 0. The van der Waals surface area contributed by atoms with Crippen LogP contribution in [0.3, 0.4) is 0 Å². The Morgan fingerprint density at radius 3 is 2.50 bits per heavy atom. The summed E-state index contributed by atoms with van der Waals surface area (Å²) in [5.41, 5.74) is -0.0258. The van der Waals surface area contributed by atoms with E-state index in [0.717, 1.165) is 32.1 Å². The predicted octanol–water partition coefficient (Wildman–Crippen LogP) is 1.43. The summed E-state index contributed by atoms with van der Waals surface area (Å²) in [6, 6.07) is -0.0545. The summed E-state index contributed by atoms with van der Waals surface area (Å²) in [5.74, 6) is -0.0271. The molecule has 0 aromatic carbocycles. The highest BCUT2D eigenvalue weighted by atomic mass is 16.6.